The monoisotopic (exact) mass is 469 g/mol. The van der Waals surface area contributed by atoms with E-state index in [1.54, 1.807) is 12.3 Å². The van der Waals surface area contributed by atoms with Crippen LogP contribution in [0.2, 0.25) is 0 Å². The molecule has 0 unspecified atom stereocenters. The summed E-state index contributed by atoms with van der Waals surface area (Å²) in [5.74, 6) is 0.683. The summed E-state index contributed by atoms with van der Waals surface area (Å²) >= 11 is 3.45. The van der Waals surface area contributed by atoms with Gasteiger partial charge in [-0.05, 0) is 45.8 Å². The molecule has 5 heteroatoms. The van der Waals surface area contributed by atoms with Crippen molar-refractivity contribution in [3.8, 4) is 0 Å². The van der Waals surface area contributed by atoms with E-state index in [1.807, 2.05) is 50.2 Å². The topological polar surface area (TPSA) is 47.2 Å². The van der Waals surface area contributed by atoms with E-state index in [2.05, 4.69) is 51.4 Å². The third kappa shape index (κ3) is 3.45. The molecule has 0 radical (unpaired) electrons. The van der Waals surface area contributed by atoms with Gasteiger partial charge in [0.25, 0.3) is 5.56 Å². The maximum absolute atomic E-state index is 13.3. The van der Waals surface area contributed by atoms with E-state index in [9.17, 15) is 4.79 Å². The molecule has 152 valence electrons. The third-order valence-corrected chi connectivity index (χ3v) is 5.96. The molecule has 0 bridgehead atoms. The van der Waals surface area contributed by atoms with Gasteiger partial charge >= 0.3 is 0 Å². The van der Waals surface area contributed by atoms with Crippen molar-refractivity contribution >= 4 is 54.6 Å². The van der Waals surface area contributed by atoms with Gasteiger partial charge in [-0.15, -0.1) is 0 Å². The molecule has 0 aliphatic carbocycles. The Balaban J connectivity index is 1.79. The van der Waals surface area contributed by atoms with Gasteiger partial charge in [0.05, 0.1) is 17.1 Å². The summed E-state index contributed by atoms with van der Waals surface area (Å²) in [6.45, 7) is 4.04. The summed E-state index contributed by atoms with van der Waals surface area (Å²) in [5, 5.41) is 9.69. The van der Waals surface area contributed by atoms with Crippen LogP contribution in [0, 0.1) is 0 Å². The first-order valence-corrected chi connectivity index (χ1v) is 11.0. The standard InChI is InChI=1S/C26H20BrN3O/c1-16(2)25-29-24-12-11-19(27)14-22(24)26(31)30(25)28-15-23-20-9-5-3-7-17(20)13-18-8-4-6-10-21(18)23/h3-16H,1-2H3. The summed E-state index contributed by atoms with van der Waals surface area (Å²) in [6, 6.07) is 24.2. The lowest BCUT2D eigenvalue weighted by atomic mass is 9.97. The van der Waals surface area contributed by atoms with Gasteiger partial charge in [0, 0.05) is 16.0 Å². The van der Waals surface area contributed by atoms with Crippen LogP contribution in [0.1, 0.15) is 31.2 Å². The van der Waals surface area contributed by atoms with Crippen LogP contribution in [0.3, 0.4) is 0 Å². The highest BCUT2D eigenvalue weighted by Gasteiger charge is 2.14. The first-order valence-electron chi connectivity index (χ1n) is 10.2. The number of rotatable bonds is 3. The molecule has 5 aromatic rings. The SMILES string of the molecule is CC(C)c1nc2ccc(Br)cc2c(=O)n1N=Cc1c2ccccc2cc2ccccc12. The summed E-state index contributed by atoms with van der Waals surface area (Å²) in [7, 11) is 0. The summed E-state index contributed by atoms with van der Waals surface area (Å²) < 4.78 is 2.28. The zero-order valence-electron chi connectivity index (χ0n) is 17.2. The van der Waals surface area contributed by atoms with Gasteiger partial charge < -0.3 is 0 Å². The molecule has 1 heterocycles. The number of aromatic nitrogens is 2. The minimum absolute atomic E-state index is 0.0437. The van der Waals surface area contributed by atoms with Crippen LogP contribution < -0.4 is 5.56 Å². The lowest BCUT2D eigenvalue weighted by Crippen LogP contribution is -2.23. The number of nitrogens with zero attached hydrogens (tertiary/aromatic N) is 3. The van der Waals surface area contributed by atoms with Crippen LogP contribution in [0.5, 0.6) is 0 Å². The van der Waals surface area contributed by atoms with E-state index < -0.39 is 0 Å². The normalized spacial score (nSPS) is 12.0. The zero-order valence-corrected chi connectivity index (χ0v) is 18.8. The molecule has 0 atom stereocenters. The number of hydrogen-bond acceptors (Lipinski definition) is 3. The van der Waals surface area contributed by atoms with E-state index >= 15 is 0 Å². The highest BCUT2D eigenvalue weighted by Crippen LogP contribution is 2.27. The smallest absolute Gasteiger partial charge is 0.267 e. The second kappa shape index (κ2) is 7.75. The van der Waals surface area contributed by atoms with Crippen molar-refractivity contribution in [1.29, 1.82) is 0 Å². The molecule has 0 aliphatic heterocycles. The minimum Gasteiger partial charge on any atom is -0.267 e. The van der Waals surface area contributed by atoms with Crippen molar-refractivity contribution in [2.75, 3.05) is 0 Å². The Labute approximate surface area is 188 Å². The number of benzene rings is 4. The van der Waals surface area contributed by atoms with E-state index in [0.717, 1.165) is 31.6 Å². The molecule has 0 saturated carbocycles. The maximum Gasteiger partial charge on any atom is 0.282 e. The van der Waals surface area contributed by atoms with E-state index in [-0.39, 0.29) is 11.5 Å². The molecular formula is C26H20BrN3O. The lowest BCUT2D eigenvalue weighted by molar-refractivity contribution is 0.665. The van der Waals surface area contributed by atoms with E-state index in [1.165, 1.54) is 4.68 Å². The van der Waals surface area contributed by atoms with Crippen molar-refractivity contribution in [3.63, 3.8) is 0 Å². The van der Waals surface area contributed by atoms with Crippen molar-refractivity contribution in [2.24, 2.45) is 5.10 Å². The highest BCUT2D eigenvalue weighted by atomic mass is 79.9. The van der Waals surface area contributed by atoms with Gasteiger partial charge in [0.2, 0.25) is 0 Å². The van der Waals surface area contributed by atoms with Crippen LogP contribution in [0.15, 0.2) is 87.2 Å². The van der Waals surface area contributed by atoms with Crippen LogP contribution >= 0.6 is 15.9 Å². The van der Waals surface area contributed by atoms with Crippen molar-refractivity contribution in [2.45, 2.75) is 19.8 Å². The van der Waals surface area contributed by atoms with Crippen LogP contribution in [-0.4, -0.2) is 15.9 Å². The fourth-order valence-electron chi connectivity index (χ4n) is 3.95. The van der Waals surface area contributed by atoms with Gasteiger partial charge in [-0.3, -0.25) is 4.79 Å². The third-order valence-electron chi connectivity index (χ3n) is 5.47. The zero-order chi connectivity index (χ0) is 21.5. The molecule has 4 nitrogen and oxygen atoms in total. The van der Waals surface area contributed by atoms with Gasteiger partial charge in [0.15, 0.2) is 0 Å². The molecule has 4 aromatic carbocycles. The molecule has 0 fully saturated rings. The molecule has 5 rings (SSSR count). The Morgan fingerprint density at radius 1 is 0.903 bits per heavy atom. The fourth-order valence-corrected chi connectivity index (χ4v) is 4.32. The Bertz CT molecular complexity index is 1500. The fraction of sp³-hybridized carbons (Fsp3) is 0.115. The minimum atomic E-state index is -0.171. The second-order valence-electron chi connectivity index (χ2n) is 7.88. The molecule has 31 heavy (non-hydrogen) atoms. The summed E-state index contributed by atoms with van der Waals surface area (Å²) in [6.07, 6.45) is 1.80. The molecule has 0 saturated heterocycles. The predicted molar refractivity (Wildman–Crippen MR) is 132 cm³/mol. The Kier molecular flexibility index (Phi) is 4.91. The number of halogens is 1. The lowest BCUT2D eigenvalue weighted by Gasteiger charge is -2.12. The van der Waals surface area contributed by atoms with Crippen LogP contribution in [0.4, 0.5) is 0 Å². The predicted octanol–water partition coefficient (Wildman–Crippen LogP) is 6.47. The van der Waals surface area contributed by atoms with Crippen molar-refractivity contribution < 1.29 is 0 Å². The number of fused-ring (bicyclic) bond motifs is 3. The van der Waals surface area contributed by atoms with Crippen LogP contribution in [0.25, 0.3) is 32.4 Å². The number of hydrogen-bond donors (Lipinski definition) is 0. The Morgan fingerprint density at radius 2 is 1.55 bits per heavy atom. The molecule has 1 aromatic heterocycles. The molecular weight excluding hydrogens is 450 g/mol. The molecule has 0 N–H and O–H groups in total. The molecule has 0 spiro atoms. The first kappa shape index (κ1) is 19.6. The quantitative estimate of drug-likeness (QED) is 0.224. The van der Waals surface area contributed by atoms with E-state index in [0.29, 0.717) is 16.7 Å². The van der Waals surface area contributed by atoms with Gasteiger partial charge in [-0.2, -0.15) is 9.78 Å². The summed E-state index contributed by atoms with van der Waals surface area (Å²) in [4.78, 5) is 18.1. The van der Waals surface area contributed by atoms with Gasteiger partial charge in [-0.25, -0.2) is 4.98 Å². The largest absolute Gasteiger partial charge is 0.282 e. The Morgan fingerprint density at radius 3 is 2.19 bits per heavy atom. The van der Waals surface area contributed by atoms with Crippen LogP contribution in [-0.2, 0) is 0 Å². The van der Waals surface area contributed by atoms with E-state index in [4.69, 9.17) is 4.98 Å². The maximum atomic E-state index is 13.3. The molecule has 0 amide bonds. The second-order valence-corrected chi connectivity index (χ2v) is 8.80. The average molecular weight is 470 g/mol. The van der Waals surface area contributed by atoms with Crippen molar-refractivity contribution in [3.05, 3.63) is 99.0 Å². The first-order chi connectivity index (χ1) is 15.0. The Hall–Kier alpha value is -3.31. The summed E-state index contributed by atoms with van der Waals surface area (Å²) in [5.41, 5.74) is 1.50. The molecule has 0 aliphatic rings. The van der Waals surface area contributed by atoms with Gasteiger partial charge in [0.1, 0.15) is 5.82 Å². The average Bonchev–Trinajstić information content (AvgIpc) is 2.77. The van der Waals surface area contributed by atoms with Gasteiger partial charge in [-0.1, -0.05) is 78.3 Å². The van der Waals surface area contributed by atoms with Crippen molar-refractivity contribution in [1.82, 2.24) is 9.66 Å². The highest BCUT2D eigenvalue weighted by molar-refractivity contribution is 9.10.